The molecule has 0 aromatic carbocycles. The molecule has 0 spiro atoms. The lowest BCUT2D eigenvalue weighted by atomic mass is 10.0. The molecule has 0 aliphatic carbocycles. The van der Waals surface area contributed by atoms with Crippen LogP contribution in [0.4, 0.5) is 0 Å². The fourth-order valence-corrected chi connectivity index (χ4v) is 6.33. The Bertz CT molecular complexity index is 764. The van der Waals surface area contributed by atoms with Crippen molar-refractivity contribution in [3.8, 4) is 0 Å². The largest absolute Gasteiger partial charge is 0.394 e. The van der Waals surface area contributed by atoms with Crippen LogP contribution in [0.3, 0.4) is 0 Å². The molecule has 49 heavy (non-hydrogen) atoms. The molecule has 0 saturated heterocycles. The molecule has 3 unspecified atom stereocenters. The van der Waals surface area contributed by atoms with Gasteiger partial charge in [-0.3, -0.25) is 4.79 Å². The zero-order chi connectivity index (χ0) is 35.9. The minimum Gasteiger partial charge on any atom is -0.394 e. The van der Waals surface area contributed by atoms with E-state index >= 15 is 0 Å². The van der Waals surface area contributed by atoms with Crippen molar-refractivity contribution in [2.75, 3.05) is 6.61 Å². The molecule has 0 aliphatic heterocycles. The van der Waals surface area contributed by atoms with Crippen LogP contribution in [-0.2, 0) is 4.79 Å². The highest BCUT2D eigenvalue weighted by Gasteiger charge is 2.22. The van der Waals surface area contributed by atoms with Gasteiger partial charge in [-0.25, -0.2) is 0 Å². The maximum absolute atomic E-state index is 12.4. The Kier molecular flexibility index (Phi) is 38.2. The summed E-state index contributed by atoms with van der Waals surface area (Å²) in [4.78, 5) is 12.4. The number of aliphatic hydroxyl groups is 3. The Hall–Kier alpha value is -1.43. The molecule has 1 amide bonds. The van der Waals surface area contributed by atoms with Gasteiger partial charge in [-0.1, -0.05) is 204 Å². The number of rotatable bonds is 38. The van der Waals surface area contributed by atoms with Gasteiger partial charge in [0.05, 0.1) is 18.8 Å². The molecule has 0 bridgehead atoms. The monoisotopic (exact) mass is 690 g/mol. The summed E-state index contributed by atoms with van der Waals surface area (Å²) in [6.07, 6.45) is 48.9. The summed E-state index contributed by atoms with van der Waals surface area (Å²) in [6, 6.07) is -0.817. The lowest BCUT2D eigenvalue weighted by molar-refractivity contribution is -0.131. The van der Waals surface area contributed by atoms with E-state index in [1.807, 2.05) is 6.08 Å². The maximum Gasteiger partial charge on any atom is 0.249 e. The fraction of sp³-hybridized carbons (Fsp3) is 0.841. The lowest BCUT2D eigenvalue weighted by Gasteiger charge is -2.21. The number of allylic oxidation sites excluding steroid dienone is 5. The van der Waals surface area contributed by atoms with Crippen molar-refractivity contribution in [3.63, 3.8) is 0 Å². The van der Waals surface area contributed by atoms with Gasteiger partial charge in [-0.2, -0.15) is 0 Å². The van der Waals surface area contributed by atoms with Gasteiger partial charge in [-0.05, 0) is 44.9 Å². The molecule has 0 radical (unpaired) electrons. The predicted molar refractivity (Wildman–Crippen MR) is 213 cm³/mol. The molecule has 5 heteroatoms. The van der Waals surface area contributed by atoms with Gasteiger partial charge in [0.15, 0.2) is 0 Å². The second-order valence-corrected chi connectivity index (χ2v) is 14.5. The second-order valence-electron chi connectivity index (χ2n) is 14.5. The minimum absolute atomic E-state index is 0.379. The standard InChI is InChI=1S/C44H83NO4/c1-3-5-7-9-11-13-15-17-19-20-21-22-23-24-25-27-28-30-32-34-36-38-42(47)41(40-46)45-44(49)43(48)39-37-35-33-31-29-26-18-16-14-12-10-8-6-4-2/h23-24,28,30,36,38,41-43,46-48H,3-22,25-27,29,31-35,37,39-40H2,1-2H3,(H,45,49)/b24-23+,30-28+,38-36+. The van der Waals surface area contributed by atoms with E-state index in [0.717, 1.165) is 44.9 Å². The number of aliphatic hydroxyl groups excluding tert-OH is 3. The van der Waals surface area contributed by atoms with Crippen LogP contribution >= 0.6 is 0 Å². The number of carbonyl (C=O) groups is 1. The van der Waals surface area contributed by atoms with Crippen LogP contribution in [0.5, 0.6) is 0 Å². The highest BCUT2D eigenvalue weighted by Crippen LogP contribution is 2.15. The molecule has 0 aromatic heterocycles. The third kappa shape index (κ3) is 34.8. The van der Waals surface area contributed by atoms with Crippen LogP contribution in [0.15, 0.2) is 36.5 Å². The van der Waals surface area contributed by atoms with Crippen LogP contribution in [0.2, 0.25) is 0 Å². The normalized spacial score (nSPS) is 14.0. The average Bonchev–Trinajstić information content (AvgIpc) is 3.11. The van der Waals surface area contributed by atoms with Crippen LogP contribution in [0.25, 0.3) is 0 Å². The third-order valence-electron chi connectivity index (χ3n) is 9.71. The molecule has 4 N–H and O–H groups in total. The number of nitrogens with one attached hydrogen (secondary N) is 1. The molecule has 0 rings (SSSR count). The summed E-state index contributed by atoms with van der Waals surface area (Å²) < 4.78 is 0. The summed E-state index contributed by atoms with van der Waals surface area (Å²) in [5.74, 6) is -0.517. The molecular formula is C44H83NO4. The zero-order valence-corrected chi connectivity index (χ0v) is 32.6. The van der Waals surface area contributed by atoms with Crippen LogP contribution in [-0.4, -0.2) is 46.1 Å². The number of amides is 1. The van der Waals surface area contributed by atoms with Crippen molar-refractivity contribution in [1.82, 2.24) is 5.32 Å². The van der Waals surface area contributed by atoms with Gasteiger partial charge in [-0.15, -0.1) is 0 Å². The first-order chi connectivity index (χ1) is 24.1. The topological polar surface area (TPSA) is 89.8 Å². The van der Waals surface area contributed by atoms with Gasteiger partial charge >= 0.3 is 0 Å². The molecule has 0 fully saturated rings. The van der Waals surface area contributed by atoms with Crippen molar-refractivity contribution in [3.05, 3.63) is 36.5 Å². The number of unbranched alkanes of at least 4 members (excludes halogenated alkanes) is 26. The summed E-state index contributed by atoms with van der Waals surface area (Å²) in [6.45, 7) is 4.16. The van der Waals surface area contributed by atoms with Crippen molar-refractivity contribution >= 4 is 5.91 Å². The molecule has 0 heterocycles. The lowest BCUT2D eigenvalue weighted by Crippen LogP contribution is -2.48. The van der Waals surface area contributed by atoms with Gasteiger partial charge in [0, 0.05) is 0 Å². The fourth-order valence-electron chi connectivity index (χ4n) is 6.33. The average molecular weight is 690 g/mol. The molecule has 0 aliphatic rings. The van der Waals surface area contributed by atoms with E-state index in [-0.39, 0.29) is 6.61 Å². The Balaban J connectivity index is 3.76. The predicted octanol–water partition coefficient (Wildman–Crippen LogP) is 12.0. The molecule has 0 saturated carbocycles. The highest BCUT2D eigenvalue weighted by atomic mass is 16.3. The summed E-state index contributed by atoms with van der Waals surface area (Å²) >= 11 is 0. The molecule has 3 atom stereocenters. The Morgan fingerprint density at radius 1 is 0.490 bits per heavy atom. The van der Waals surface area contributed by atoms with E-state index in [0.29, 0.717) is 6.42 Å². The van der Waals surface area contributed by atoms with E-state index in [1.54, 1.807) is 6.08 Å². The van der Waals surface area contributed by atoms with Crippen LogP contribution in [0.1, 0.15) is 213 Å². The zero-order valence-electron chi connectivity index (χ0n) is 32.6. The number of carbonyl (C=O) groups excluding carboxylic acids is 1. The molecule has 0 aromatic rings. The first-order valence-corrected chi connectivity index (χ1v) is 21.3. The van der Waals surface area contributed by atoms with Gasteiger partial charge in [0.1, 0.15) is 6.10 Å². The Labute approximate surface area is 304 Å². The van der Waals surface area contributed by atoms with Crippen LogP contribution in [0, 0.1) is 0 Å². The quantitative estimate of drug-likeness (QED) is 0.0384. The van der Waals surface area contributed by atoms with Crippen molar-refractivity contribution in [2.24, 2.45) is 0 Å². The van der Waals surface area contributed by atoms with E-state index in [1.165, 1.54) is 148 Å². The van der Waals surface area contributed by atoms with Crippen molar-refractivity contribution in [1.29, 1.82) is 0 Å². The molecule has 5 nitrogen and oxygen atoms in total. The summed E-state index contributed by atoms with van der Waals surface area (Å²) in [5.41, 5.74) is 0. The Morgan fingerprint density at radius 2 is 0.837 bits per heavy atom. The third-order valence-corrected chi connectivity index (χ3v) is 9.71. The van der Waals surface area contributed by atoms with Crippen molar-refractivity contribution < 1.29 is 20.1 Å². The number of hydrogen-bond donors (Lipinski definition) is 4. The summed E-state index contributed by atoms with van der Waals surface area (Å²) in [7, 11) is 0. The van der Waals surface area contributed by atoms with Crippen LogP contribution < -0.4 is 5.32 Å². The maximum atomic E-state index is 12.4. The van der Waals surface area contributed by atoms with Gasteiger partial charge in [0.2, 0.25) is 5.91 Å². The first kappa shape index (κ1) is 47.6. The first-order valence-electron chi connectivity index (χ1n) is 21.3. The molecular weight excluding hydrogens is 606 g/mol. The molecule has 288 valence electrons. The second kappa shape index (κ2) is 39.4. The Morgan fingerprint density at radius 3 is 1.24 bits per heavy atom. The van der Waals surface area contributed by atoms with E-state index in [2.05, 4.69) is 43.5 Å². The SMILES string of the molecule is CCCCCCCCCCCCC/C=C/CC/C=C/CC/C=C/C(O)C(CO)NC(=O)C(O)CCCCCCCCCCCCCCCC. The summed E-state index contributed by atoms with van der Waals surface area (Å²) in [5, 5.41) is 33.0. The van der Waals surface area contributed by atoms with Crippen molar-refractivity contribution in [2.45, 2.75) is 231 Å². The van der Waals surface area contributed by atoms with E-state index in [4.69, 9.17) is 0 Å². The van der Waals surface area contributed by atoms with E-state index < -0.39 is 24.2 Å². The van der Waals surface area contributed by atoms with Gasteiger partial charge in [0.25, 0.3) is 0 Å². The smallest absolute Gasteiger partial charge is 0.249 e. The minimum atomic E-state index is -1.10. The number of hydrogen-bond acceptors (Lipinski definition) is 4. The highest BCUT2D eigenvalue weighted by molar-refractivity contribution is 5.80. The van der Waals surface area contributed by atoms with E-state index in [9.17, 15) is 20.1 Å². The van der Waals surface area contributed by atoms with Gasteiger partial charge < -0.3 is 20.6 Å².